The molecule has 0 aliphatic carbocycles. The normalized spacial score (nSPS) is 12.7. The van der Waals surface area contributed by atoms with Gasteiger partial charge in [-0.1, -0.05) is 20.8 Å². The van der Waals surface area contributed by atoms with Gasteiger partial charge in [-0.3, -0.25) is 14.9 Å². The second kappa shape index (κ2) is 6.60. The predicted octanol–water partition coefficient (Wildman–Crippen LogP) is 1.65. The predicted molar refractivity (Wildman–Crippen MR) is 77.5 cm³/mol. The minimum absolute atomic E-state index is 0.0849. The summed E-state index contributed by atoms with van der Waals surface area (Å²) in [6.07, 6.45) is 0. The number of carbonyl (C=O) groups is 2. The lowest BCUT2D eigenvalue weighted by molar-refractivity contribution is -0.155. The number of anilines is 1. The summed E-state index contributed by atoms with van der Waals surface area (Å²) >= 11 is 0. The first-order valence-corrected chi connectivity index (χ1v) is 6.82. The zero-order valence-corrected chi connectivity index (χ0v) is 13.4. The highest BCUT2D eigenvalue weighted by Crippen LogP contribution is 2.28. The molecule has 1 atom stereocenters. The smallest absolute Gasteiger partial charge is 0.319 e. The van der Waals surface area contributed by atoms with Crippen molar-refractivity contribution in [3.63, 3.8) is 0 Å². The van der Waals surface area contributed by atoms with E-state index >= 15 is 0 Å². The molecule has 0 spiro atoms. The molecule has 0 aliphatic heterocycles. The Kier molecular flexibility index (Phi) is 5.34. The Hall–Kier alpha value is -2.05. The topological polar surface area (TPSA) is 94.1 Å². The molecule has 116 valence electrons. The van der Waals surface area contributed by atoms with Gasteiger partial charge < -0.3 is 4.74 Å². The number of aryl methyl sites for hydroxylation is 2. The van der Waals surface area contributed by atoms with E-state index in [9.17, 15) is 9.59 Å². The average molecular weight is 294 g/mol. The highest BCUT2D eigenvalue weighted by atomic mass is 16.5. The number of aromatic nitrogens is 3. The summed E-state index contributed by atoms with van der Waals surface area (Å²) in [5.74, 6) is -1.91. The average Bonchev–Trinajstić information content (AvgIpc) is 2.32. The first kappa shape index (κ1) is 17.0. The Morgan fingerprint density at radius 1 is 1.19 bits per heavy atom. The van der Waals surface area contributed by atoms with Crippen LogP contribution >= 0.6 is 0 Å². The molecular weight excluding hydrogens is 272 g/mol. The van der Waals surface area contributed by atoms with Crippen LogP contribution in [-0.2, 0) is 14.3 Å². The number of nitrogens with one attached hydrogen (secondary N) is 1. The Balaban J connectivity index is 2.96. The molecule has 0 saturated heterocycles. The van der Waals surface area contributed by atoms with Crippen molar-refractivity contribution >= 4 is 17.8 Å². The van der Waals surface area contributed by atoms with E-state index in [1.165, 1.54) is 0 Å². The van der Waals surface area contributed by atoms with Crippen LogP contribution in [0.3, 0.4) is 0 Å². The van der Waals surface area contributed by atoms with Crippen molar-refractivity contribution in [1.29, 1.82) is 0 Å². The Morgan fingerprint density at radius 2 is 1.81 bits per heavy atom. The second-order valence-electron chi connectivity index (χ2n) is 5.85. The van der Waals surface area contributed by atoms with Crippen LogP contribution in [0.5, 0.6) is 0 Å². The van der Waals surface area contributed by atoms with Crippen molar-refractivity contribution in [3.8, 4) is 0 Å². The molecule has 7 nitrogen and oxygen atoms in total. The maximum Gasteiger partial charge on any atom is 0.319 e. The van der Waals surface area contributed by atoms with Crippen LogP contribution in [0.2, 0.25) is 0 Å². The van der Waals surface area contributed by atoms with Gasteiger partial charge in [-0.25, -0.2) is 4.98 Å². The van der Waals surface area contributed by atoms with Gasteiger partial charge in [0.1, 0.15) is 5.92 Å². The van der Waals surface area contributed by atoms with Gasteiger partial charge in [0.2, 0.25) is 11.9 Å². The number of ether oxygens (including phenoxy) is 1. The van der Waals surface area contributed by atoms with Gasteiger partial charge in [0, 0.05) is 0 Å². The fourth-order valence-corrected chi connectivity index (χ4v) is 1.77. The third-order valence-electron chi connectivity index (χ3n) is 2.98. The van der Waals surface area contributed by atoms with Gasteiger partial charge in [-0.2, -0.15) is 5.10 Å². The number of esters is 1. The highest BCUT2D eigenvalue weighted by Gasteiger charge is 2.39. The Labute approximate surface area is 124 Å². The summed E-state index contributed by atoms with van der Waals surface area (Å²) in [6.45, 7) is 10.9. The van der Waals surface area contributed by atoms with Crippen molar-refractivity contribution in [2.24, 2.45) is 11.3 Å². The van der Waals surface area contributed by atoms with E-state index in [-0.39, 0.29) is 12.6 Å². The van der Waals surface area contributed by atoms with Gasteiger partial charge in [-0.15, -0.1) is 5.10 Å². The standard InChI is InChI=1S/C14H22N4O3/c1-7-21-12(20)10(14(4,5)6)11(19)16-13-15-8(2)9(3)17-18-13/h10H,7H2,1-6H3,(H,15,16,18,19). The van der Waals surface area contributed by atoms with E-state index in [4.69, 9.17) is 4.74 Å². The molecule has 0 saturated carbocycles. The third-order valence-corrected chi connectivity index (χ3v) is 2.98. The monoisotopic (exact) mass is 294 g/mol. The van der Waals surface area contributed by atoms with E-state index in [0.717, 1.165) is 0 Å². The van der Waals surface area contributed by atoms with Crippen molar-refractivity contribution in [1.82, 2.24) is 15.2 Å². The van der Waals surface area contributed by atoms with Crippen LogP contribution in [0.25, 0.3) is 0 Å². The summed E-state index contributed by atoms with van der Waals surface area (Å²) < 4.78 is 4.98. The molecule has 1 N–H and O–H groups in total. The Bertz CT molecular complexity index is 538. The largest absolute Gasteiger partial charge is 0.465 e. The van der Waals surface area contributed by atoms with Crippen molar-refractivity contribution < 1.29 is 14.3 Å². The van der Waals surface area contributed by atoms with Crippen LogP contribution in [0.4, 0.5) is 5.95 Å². The second-order valence-corrected chi connectivity index (χ2v) is 5.85. The summed E-state index contributed by atoms with van der Waals surface area (Å²) in [6, 6.07) is 0. The van der Waals surface area contributed by atoms with Gasteiger partial charge in [-0.05, 0) is 26.2 Å². The van der Waals surface area contributed by atoms with Crippen molar-refractivity contribution in [3.05, 3.63) is 11.4 Å². The molecule has 1 aromatic heterocycles. The molecule has 1 heterocycles. The van der Waals surface area contributed by atoms with E-state index in [1.54, 1.807) is 41.5 Å². The third kappa shape index (κ3) is 4.47. The molecule has 1 rings (SSSR count). The number of rotatable bonds is 4. The van der Waals surface area contributed by atoms with Gasteiger partial charge in [0.25, 0.3) is 0 Å². The minimum Gasteiger partial charge on any atom is -0.465 e. The molecule has 0 fully saturated rings. The van der Waals surface area contributed by atoms with Gasteiger partial charge in [0.15, 0.2) is 0 Å². The molecule has 0 bridgehead atoms. The zero-order chi connectivity index (χ0) is 16.2. The maximum atomic E-state index is 12.4. The lowest BCUT2D eigenvalue weighted by Crippen LogP contribution is -2.40. The van der Waals surface area contributed by atoms with E-state index in [1.807, 2.05) is 0 Å². The lowest BCUT2D eigenvalue weighted by atomic mass is 9.80. The summed E-state index contributed by atoms with van der Waals surface area (Å²) in [5.41, 5.74) is 0.776. The number of hydrogen-bond acceptors (Lipinski definition) is 6. The molecule has 1 aromatic rings. The van der Waals surface area contributed by atoms with Gasteiger partial charge in [0.05, 0.1) is 18.0 Å². The molecule has 0 aliphatic rings. The SMILES string of the molecule is CCOC(=O)C(C(=O)Nc1nnc(C)c(C)n1)C(C)(C)C. The summed E-state index contributed by atoms with van der Waals surface area (Å²) in [5, 5.41) is 10.2. The first-order valence-electron chi connectivity index (χ1n) is 6.82. The van der Waals surface area contributed by atoms with Crippen molar-refractivity contribution in [2.75, 3.05) is 11.9 Å². The van der Waals surface area contributed by atoms with E-state index < -0.39 is 23.2 Å². The van der Waals surface area contributed by atoms with Crippen LogP contribution in [0.15, 0.2) is 0 Å². The van der Waals surface area contributed by atoms with Crippen LogP contribution < -0.4 is 5.32 Å². The van der Waals surface area contributed by atoms with E-state index in [0.29, 0.717) is 11.4 Å². The molecule has 21 heavy (non-hydrogen) atoms. The summed E-state index contributed by atoms with van der Waals surface area (Å²) in [4.78, 5) is 28.5. The summed E-state index contributed by atoms with van der Waals surface area (Å²) in [7, 11) is 0. The quantitative estimate of drug-likeness (QED) is 0.670. The fraction of sp³-hybridized carbons (Fsp3) is 0.643. The molecular formula is C14H22N4O3. The minimum atomic E-state index is -0.942. The molecule has 1 unspecified atom stereocenters. The van der Waals surface area contributed by atoms with Gasteiger partial charge >= 0.3 is 5.97 Å². The van der Waals surface area contributed by atoms with Crippen LogP contribution in [0, 0.1) is 25.2 Å². The number of hydrogen-bond donors (Lipinski definition) is 1. The zero-order valence-electron chi connectivity index (χ0n) is 13.4. The Morgan fingerprint density at radius 3 is 2.29 bits per heavy atom. The van der Waals surface area contributed by atoms with E-state index in [2.05, 4.69) is 20.5 Å². The van der Waals surface area contributed by atoms with Crippen LogP contribution in [-0.4, -0.2) is 33.7 Å². The maximum absolute atomic E-state index is 12.4. The lowest BCUT2D eigenvalue weighted by Gasteiger charge is -2.27. The van der Waals surface area contributed by atoms with Crippen molar-refractivity contribution in [2.45, 2.75) is 41.5 Å². The number of nitrogens with zero attached hydrogens (tertiary/aromatic N) is 3. The first-order chi connectivity index (χ1) is 9.66. The van der Waals surface area contributed by atoms with Crippen LogP contribution in [0.1, 0.15) is 39.1 Å². The molecule has 1 amide bonds. The molecule has 0 aromatic carbocycles. The highest BCUT2D eigenvalue weighted by molar-refractivity contribution is 6.04. The number of amides is 1. The fourth-order valence-electron chi connectivity index (χ4n) is 1.77. The number of carbonyl (C=O) groups excluding carboxylic acids is 2. The molecule has 7 heteroatoms. The molecule has 0 radical (unpaired) electrons.